The lowest BCUT2D eigenvalue weighted by Crippen LogP contribution is -1.95. The molecule has 3 heteroatoms. The molecular weight excluding hydrogens is 240 g/mol. The Morgan fingerprint density at radius 1 is 1.37 bits per heavy atom. The first-order valence-corrected chi connectivity index (χ1v) is 6.50. The van der Waals surface area contributed by atoms with Crippen molar-refractivity contribution < 1.29 is 14.6 Å². The predicted molar refractivity (Wildman–Crippen MR) is 77.6 cm³/mol. The molecule has 0 fully saturated rings. The largest absolute Gasteiger partial charge is 0.496 e. The maximum Gasteiger partial charge on any atom is 0.303 e. The van der Waals surface area contributed by atoms with Gasteiger partial charge in [0.25, 0.3) is 0 Å². The van der Waals surface area contributed by atoms with Crippen molar-refractivity contribution in [1.82, 2.24) is 0 Å². The summed E-state index contributed by atoms with van der Waals surface area (Å²) in [6, 6.07) is 4.20. The Morgan fingerprint density at radius 2 is 2.05 bits per heavy atom. The number of allylic oxidation sites excluding steroid dienone is 2. The van der Waals surface area contributed by atoms with E-state index in [-0.39, 0.29) is 6.42 Å². The van der Waals surface area contributed by atoms with Gasteiger partial charge in [0.15, 0.2) is 0 Å². The zero-order valence-electron chi connectivity index (χ0n) is 12.1. The van der Waals surface area contributed by atoms with Crippen LogP contribution in [-0.4, -0.2) is 18.2 Å². The normalized spacial score (nSPS) is 11.5. The highest BCUT2D eigenvalue weighted by Gasteiger charge is 2.08. The lowest BCUT2D eigenvalue weighted by molar-refractivity contribution is -0.137. The van der Waals surface area contributed by atoms with Crippen LogP contribution in [0.5, 0.6) is 5.75 Å². The second kappa shape index (κ2) is 6.98. The molecule has 0 saturated heterocycles. The van der Waals surface area contributed by atoms with Crippen molar-refractivity contribution in [2.24, 2.45) is 0 Å². The van der Waals surface area contributed by atoms with E-state index < -0.39 is 5.97 Å². The van der Waals surface area contributed by atoms with Gasteiger partial charge in [-0.2, -0.15) is 0 Å². The predicted octanol–water partition coefficient (Wildman–Crippen LogP) is 3.97. The second-order valence-electron chi connectivity index (χ2n) is 4.84. The van der Waals surface area contributed by atoms with Crippen molar-refractivity contribution in [3.63, 3.8) is 0 Å². The molecular formula is C16H22O3. The minimum Gasteiger partial charge on any atom is -0.496 e. The molecule has 1 aromatic rings. The number of methoxy groups -OCH3 is 1. The van der Waals surface area contributed by atoms with E-state index in [1.54, 1.807) is 7.11 Å². The summed E-state index contributed by atoms with van der Waals surface area (Å²) in [5.41, 5.74) is 4.55. The number of ether oxygens (including phenoxy) is 1. The van der Waals surface area contributed by atoms with Gasteiger partial charge in [-0.3, -0.25) is 4.79 Å². The third-order valence-corrected chi connectivity index (χ3v) is 3.09. The van der Waals surface area contributed by atoms with Crippen LogP contribution >= 0.6 is 0 Å². The van der Waals surface area contributed by atoms with Gasteiger partial charge in [0, 0.05) is 12.0 Å². The molecule has 0 aliphatic carbocycles. The number of aryl methyl sites for hydroxylation is 2. The monoisotopic (exact) mass is 262 g/mol. The zero-order chi connectivity index (χ0) is 14.4. The van der Waals surface area contributed by atoms with E-state index in [0.29, 0.717) is 6.42 Å². The molecule has 0 aromatic heterocycles. The second-order valence-corrected chi connectivity index (χ2v) is 4.84. The Balaban J connectivity index is 2.89. The van der Waals surface area contributed by atoms with Crippen LogP contribution in [0.25, 0.3) is 5.57 Å². The molecule has 1 aromatic carbocycles. The van der Waals surface area contributed by atoms with Gasteiger partial charge in [0.1, 0.15) is 5.75 Å². The summed E-state index contributed by atoms with van der Waals surface area (Å²) < 4.78 is 5.46. The van der Waals surface area contributed by atoms with Crippen LogP contribution in [0.2, 0.25) is 0 Å². The van der Waals surface area contributed by atoms with Crippen molar-refractivity contribution >= 4 is 11.5 Å². The SMILES string of the molecule is COc1c(C)cc(C)cc1/C(C)=C/CCCC(=O)O. The highest BCUT2D eigenvalue weighted by molar-refractivity contribution is 5.71. The van der Waals surface area contributed by atoms with E-state index in [4.69, 9.17) is 9.84 Å². The molecule has 0 spiro atoms. The number of unbranched alkanes of at least 4 members (excludes halogenated alkanes) is 1. The van der Waals surface area contributed by atoms with Crippen molar-refractivity contribution in [3.8, 4) is 5.75 Å². The fourth-order valence-corrected chi connectivity index (χ4v) is 2.20. The molecule has 0 bridgehead atoms. The minimum absolute atomic E-state index is 0.216. The van der Waals surface area contributed by atoms with Gasteiger partial charge in [-0.15, -0.1) is 0 Å². The first kappa shape index (κ1) is 15.3. The third-order valence-electron chi connectivity index (χ3n) is 3.09. The maximum absolute atomic E-state index is 10.5. The van der Waals surface area contributed by atoms with E-state index in [1.807, 2.05) is 13.8 Å². The molecule has 19 heavy (non-hydrogen) atoms. The number of rotatable bonds is 6. The summed E-state index contributed by atoms with van der Waals surface area (Å²) in [4.78, 5) is 10.5. The number of carbonyl (C=O) groups is 1. The fraction of sp³-hybridized carbons (Fsp3) is 0.438. The summed E-state index contributed by atoms with van der Waals surface area (Å²) in [6.07, 6.45) is 3.74. The van der Waals surface area contributed by atoms with Crippen LogP contribution in [0.3, 0.4) is 0 Å². The average molecular weight is 262 g/mol. The van der Waals surface area contributed by atoms with Gasteiger partial charge in [-0.25, -0.2) is 0 Å². The first-order chi connectivity index (χ1) is 8.95. The molecule has 0 atom stereocenters. The minimum atomic E-state index is -0.741. The van der Waals surface area contributed by atoms with Gasteiger partial charge in [-0.1, -0.05) is 12.1 Å². The molecule has 0 saturated carbocycles. The van der Waals surface area contributed by atoms with Crippen LogP contribution < -0.4 is 4.74 Å². The highest BCUT2D eigenvalue weighted by atomic mass is 16.5. The fourth-order valence-electron chi connectivity index (χ4n) is 2.20. The van der Waals surface area contributed by atoms with Crippen molar-refractivity contribution in [1.29, 1.82) is 0 Å². The molecule has 0 amide bonds. The Kier molecular flexibility index (Phi) is 5.61. The Hall–Kier alpha value is -1.77. The van der Waals surface area contributed by atoms with Crippen LogP contribution in [0.15, 0.2) is 18.2 Å². The van der Waals surface area contributed by atoms with Gasteiger partial charge in [0.2, 0.25) is 0 Å². The molecule has 0 aliphatic rings. The number of carboxylic acids is 1. The number of benzene rings is 1. The van der Waals surface area contributed by atoms with E-state index in [2.05, 4.69) is 25.1 Å². The number of carboxylic acid groups (broad SMARTS) is 1. The Labute approximate surface area is 114 Å². The smallest absolute Gasteiger partial charge is 0.303 e. The number of hydrogen-bond donors (Lipinski definition) is 1. The molecule has 0 unspecified atom stereocenters. The quantitative estimate of drug-likeness (QED) is 0.789. The van der Waals surface area contributed by atoms with Crippen LogP contribution in [0, 0.1) is 13.8 Å². The summed E-state index contributed by atoms with van der Waals surface area (Å²) in [6.45, 7) is 6.14. The lowest BCUT2D eigenvalue weighted by atomic mass is 9.99. The Bertz CT molecular complexity index is 487. The summed E-state index contributed by atoms with van der Waals surface area (Å²) in [5.74, 6) is 0.160. The van der Waals surface area contributed by atoms with Gasteiger partial charge < -0.3 is 9.84 Å². The molecule has 0 radical (unpaired) electrons. The van der Waals surface area contributed by atoms with Gasteiger partial charge in [-0.05, 0) is 56.4 Å². The maximum atomic E-state index is 10.5. The molecule has 1 rings (SSSR count). The molecule has 3 nitrogen and oxygen atoms in total. The lowest BCUT2D eigenvalue weighted by Gasteiger charge is -2.13. The van der Waals surface area contributed by atoms with Crippen molar-refractivity contribution in [2.75, 3.05) is 7.11 Å². The summed E-state index contributed by atoms with van der Waals surface area (Å²) in [5, 5.41) is 8.61. The average Bonchev–Trinajstić information content (AvgIpc) is 2.33. The van der Waals surface area contributed by atoms with Gasteiger partial charge >= 0.3 is 5.97 Å². The standard InChI is InChI=1S/C16H22O3/c1-11-9-13(3)16(19-4)14(10-11)12(2)7-5-6-8-15(17)18/h7,9-10H,5-6,8H2,1-4H3,(H,17,18)/b12-7+. The summed E-state index contributed by atoms with van der Waals surface area (Å²) in [7, 11) is 1.68. The molecule has 0 aliphatic heterocycles. The third kappa shape index (κ3) is 4.43. The van der Waals surface area contributed by atoms with Crippen LogP contribution in [-0.2, 0) is 4.79 Å². The highest BCUT2D eigenvalue weighted by Crippen LogP contribution is 2.31. The van der Waals surface area contributed by atoms with Crippen LogP contribution in [0.1, 0.15) is 42.9 Å². The zero-order valence-corrected chi connectivity index (χ0v) is 12.1. The molecule has 0 heterocycles. The van der Waals surface area contributed by atoms with E-state index in [1.165, 1.54) is 5.56 Å². The molecule has 104 valence electrons. The van der Waals surface area contributed by atoms with Gasteiger partial charge in [0.05, 0.1) is 7.11 Å². The van der Waals surface area contributed by atoms with Crippen molar-refractivity contribution in [2.45, 2.75) is 40.0 Å². The van der Waals surface area contributed by atoms with E-state index in [0.717, 1.165) is 28.9 Å². The van der Waals surface area contributed by atoms with Crippen LogP contribution in [0.4, 0.5) is 0 Å². The number of hydrogen-bond acceptors (Lipinski definition) is 2. The molecule has 1 N–H and O–H groups in total. The Morgan fingerprint density at radius 3 is 2.63 bits per heavy atom. The topological polar surface area (TPSA) is 46.5 Å². The van der Waals surface area contributed by atoms with E-state index in [9.17, 15) is 4.79 Å². The van der Waals surface area contributed by atoms with E-state index >= 15 is 0 Å². The number of aliphatic carboxylic acids is 1. The first-order valence-electron chi connectivity index (χ1n) is 6.50. The summed E-state index contributed by atoms with van der Waals surface area (Å²) >= 11 is 0. The van der Waals surface area contributed by atoms with Crippen molar-refractivity contribution in [3.05, 3.63) is 34.9 Å².